The van der Waals surface area contributed by atoms with E-state index in [4.69, 9.17) is 4.74 Å². The van der Waals surface area contributed by atoms with Crippen LogP contribution in [0, 0.1) is 22.9 Å². The van der Waals surface area contributed by atoms with E-state index in [1.165, 1.54) is 37.5 Å². The van der Waals surface area contributed by atoms with Crippen molar-refractivity contribution in [2.45, 2.75) is 6.92 Å². The van der Waals surface area contributed by atoms with Gasteiger partial charge in [0.2, 0.25) is 5.75 Å². The zero-order valence-electron chi connectivity index (χ0n) is 12.9. The molecular formula is C17H14FNO5. The van der Waals surface area contributed by atoms with E-state index in [9.17, 15) is 24.4 Å². The van der Waals surface area contributed by atoms with E-state index in [1.54, 1.807) is 13.0 Å². The number of nitro groups is 1. The quantitative estimate of drug-likeness (QED) is 0.391. The highest BCUT2D eigenvalue weighted by Crippen LogP contribution is 2.31. The second-order valence-electron chi connectivity index (χ2n) is 5.03. The molecule has 0 aliphatic rings. The summed E-state index contributed by atoms with van der Waals surface area (Å²) in [6.07, 6.45) is 2.46. The van der Waals surface area contributed by atoms with Gasteiger partial charge in [0, 0.05) is 6.07 Å². The predicted octanol–water partition coefficient (Wildman–Crippen LogP) is 3.65. The number of ether oxygens (including phenoxy) is 1. The molecule has 0 aliphatic heterocycles. The number of phenols is 1. The Morgan fingerprint density at radius 3 is 2.62 bits per heavy atom. The summed E-state index contributed by atoms with van der Waals surface area (Å²) in [6, 6.07) is 6.66. The summed E-state index contributed by atoms with van der Waals surface area (Å²) in [4.78, 5) is 22.3. The van der Waals surface area contributed by atoms with Gasteiger partial charge in [0.1, 0.15) is 0 Å². The molecule has 7 heteroatoms. The third-order valence-electron chi connectivity index (χ3n) is 3.30. The zero-order chi connectivity index (χ0) is 17.9. The molecule has 0 heterocycles. The lowest BCUT2D eigenvalue weighted by molar-refractivity contribution is -0.385. The number of nitrogens with zero attached hydrogens (tertiary/aromatic N) is 1. The number of phenolic OH excluding ortho intramolecular Hbond substituents is 1. The number of aryl methyl sites for hydroxylation is 1. The fourth-order valence-electron chi connectivity index (χ4n) is 2.13. The monoisotopic (exact) mass is 331 g/mol. The number of rotatable bonds is 5. The molecule has 0 radical (unpaired) electrons. The van der Waals surface area contributed by atoms with Crippen LogP contribution < -0.4 is 4.74 Å². The fourth-order valence-corrected chi connectivity index (χ4v) is 2.13. The van der Waals surface area contributed by atoms with Crippen LogP contribution in [0.15, 0.2) is 36.4 Å². The number of methoxy groups -OCH3 is 1. The molecule has 0 amide bonds. The zero-order valence-corrected chi connectivity index (χ0v) is 12.9. The molecule has 2 aromatic carbocycles. The normalized spacial score (nSPS) is 10.8. The third-order valence-corrected chi connectivity index (χ3v) is 3.30. The average Bonchev–Trinajstić information content (AvgIpc) is 2.54. The number of aromatic hydroxyl groups is 1. The number of halogens is 1. The summed E-state index contributed by atoms with van der Waals surface area (Å²) in [7, 11) is 1.34. The molecule has 0 unspecified atom stereocenters. The minimum atomic E-state index is -0.762. The molecule has 1 N–H and O–H groups in total. The Hall–Kier alpha value is -3.22. The molecule has 0 fully saturated rings. The molecule has 0 spiro atoms. The minimum Gasteiger partial charge on any atom is -0.502 e. The minimum absolute atomic E-state index is 0.0745. The maximum Gasteiger partial charge on any atom is 0.311 e. The lowest BCUT2D eigenvalue weighted by Crippen LogP contribution is -1.99. The van der Waals surface area contributed by atoms with Crippen LogP contribution in [-0.2, 0) is 0 Å². The summed E-state index contributed by atoms with van der Waals surface area (Å²) < 4.78 is 18.4. The Labute approximate surface area is 137 Å². The van der Waals surface area contributed by atoms with Gasteiger partial charge in [0.15, 0.2) is 17.3 Å². The van der Waals surface area contributed by atoms with Crippen LogP contribution in [0.3, 0.4) is 0 Å². The van der Waals surface area contributed by atoms with E-state index in [1.807, 2.05) is 0 Å². The average molecular weight is 331 g/mol. The first-order valence-electron chi connectivity index (χ1n) is 6.87. The highest BCUT2D eigenvalue weighted by Gasteiger charge is 2.21. The van der Waals surface area contributed by atoms with Gasteiger partial charge in [0.05, 0.1) is 17.6 Å². The highest BCUT2D eigenvalue weighted by molar-refractivity contribution is 6.09. The standard InChI is InChI=1S/C17H14FNO5/c1-10-7-12(17(21)14(8-10)19(22)23)15(20)5-3-11-4-6-16(24-2)13(18)9-11/h3-9,21H,1-2H3. The van der Waals surface area contributed by atoms with Crippen LogP contribution in [0.1, 0.15) is 21.5 Å². The number of hydrogen-bond donors (Lipinski definition) is 1. The summed E-state index contributed by atoms with van der Waals surface area (Å²) in [5, 5.41) is 20.8. The van der Waals surface area contributed by atoms with Gasteiger partial charge in [-0.15, -0.1) is 0 Å². The maximum atomic E-state index is 13.6. The molecule has 124 valence electrons. The Morgan fingerprint density at radius 1 is 1.33 bits per heavy atom. The first-order chi connectivity index (χ1) is 11.3. The van der Waals surface area contributed by atoms with Crippen molar-refractivity contribution in [3.8, 4) is 11.5 Å². The van der Waals surface area contributed by atoms with Crippen LogP contribution in [0.5, 0.6) is 11.5 Å². The van der Waals surface area contributed by atoms with E-state index in [0.717, 1.165) is 6.08 Å². The molecule has 6 nitrogen and oxygen atoms in total. The Kier molecular flexibility index (Phi) is 4.93. The van der Waals surface area contributed by atoms with Gasteiger partial charge >= 0.3 is 5.69 Å². The van der Waals surface area contributed by atoms with Crippen LogP contribution in [-0.4, -0.2) is 22.9 Å². The van der Waals surface area contributed by atoms with E-state index in [-0.39, 0.29) is 11.3 Å². The van der Waals surface area contributed by atoms with Gasteiger partial charge in [-0.1, -0.05) is 12.1 Å². The van der Waals surface area contributed by atoms with Crippen molar-refractivity contribution in [2.75, 3.05) is 7.11 Å². The van der Waals surface area contributed by atoms with Crippen molar-refractivity contribution in [1.82, 2.24) is 0 Å². The molecule has 0 saturated carbocycles. The molecule has 0 atom stereocenters. The number of carbonyl (C=O) groups is 1. The number of nitro benzene ring substituents is 1. The number of benzene rings is 2. The summed E-state index contributed by atoms with van der Waals surface area (Å²) >= 11 is 0. The van der Waals surface area contributed by atoms with Gasteiger partial charge in [-0.05, 0) is 42.3 Å². The Balaban J connectivity index is 2.33. The van der Waals surface area contributed by atoms with Gasteiger partial charge in [0.25, 0.3) is 0 Å². The smallest absolute Gasteiger partial charge is 0.311 e. The van der Waals surface area contributed by atoms with Gasteiger partial charge in [-0.3, -0.25) is 14.9 Å². The topological polar surface area (TPSA) is 89.7 Å². The lowest BCUT2D eigenvalue weighted by Gasteiger charge is -2.04. The maximum absolute atomic E-state index is 13.6. The first-order valence-corrected chi connectivity index (χ1v) is 6.87. The largest absolute Gasteiger partial charge is 0.502 e. The molecule has 0 aliphatic carbocycles. The lowest BCUT2D eigenvalue weighted by atomic mass is 10.0. The van der Waals surface area contributed by atoms with Crippen molar-refractivity contribution < 1.29 is 24.0 Å². The second-order valence-corrected chi connectivity index (χ2v) is 5.03. The fraction of sp³-hybridized carbons (Fsp3) is 0.118. The highest BCUT2D eigenvalue weighted by atomic mass is 19.1. The number of allylic oxidation sites excluding steroid dienone is 1. The second kappa shape index (κ2) is 6.91. The summed E-state index contributed by atoms with van der Waals surface area (Å²) in [6.45, 7) is 1.58. The van der Waals surface area contributed by atoms with Crippen LogP contribution in [0.4, 0.5) is 10.1 Å². The molecule has 0 bridgehead atoms. The van der Waals surface area contributed by atoms with E-state index < -0.39 is 28.0 Å². The third kappa shape index (κ3) is 3.57. The van der Waals surface area contributed by atoms with Crippen LogP contribution >= 0.6 is 0 Å². The number of carbonyl (C=O) groups excluding carboxylic acids is 1. The summed E-state index contributed by atoms with van der Waals surface area (Å²) in [5.41, 5.74) is 0.143. The molecule has 0 aromatic heterocycles. The van der Waals surface area contributed by atoms with Crippen molar-refractivity contribution in [1.29, 1.82) is 0 Å². The SMILES string of the molecule is COc1ccc(C=CC(=O)c2cc(C)cc([N+](=O)[O-])c2O)cc1F. The van der Waals surface area contributed by atoms with E-state index >= 15 is 0 Å². The molecular weight excluding hydrogens is 317 g/mol. The van der Waals surface area contributed by atoms with Gasteiger partial charge < -0.3 is 9.84 Å². The number of ketones is 1. The molecule has 24 heavy (non-hydrogen) atoms. The van der Waals surface area contributed by atoms with Crippen molar-refractivity contribution >= 4 is 17.5 Å². The van der Waals surface area contributed by atoms with E-state index in [0.29, 0.717) is 11.1 Å². The first kappa shape index (κ1) is 17.1. The van der Waals surface area contributed by atoms with Gasteiger partial charge in [-0.25, -0.2) is 4.39 Å². The van der Waals surface area contributed by atoms with Crippen molar-refractivity contribution in [3.05, 3.63) is 69.0 Å². The molecule has 0 saturated heterocycles. The van der Waals surface area contributed by atoms with Crippen LogP contribution in [0.25, 0.3) is 6.08 Å². The number of hydrogen-bond acceptors (Lipinski definition) is 5. The van der Waals surface area contributed by atoms with Crippen LogP contribution in [0.2, 0.25) is 0 Å². The molecule has 2 aromatic rings. The van der Waals surface area contributed by atoms with Crippen molar-refractivity contribution in [2.24, 2.45) is 0 Å². The predicted molar refractivity (Wildman–Crippen MR) is 85.8 cm³/mol. The summed E-state index contributed by atoms with van der Waals surface area (Å²) in [5.74, 6) is -1.83. The Bertz CT molecular complexity index is 845. The molecule has 2 rings (SSSR count). The van der Waals surface area contributed by atoms with Crippen molar-refractivity contribution in [3.63, 3.8) is 0 Å². The van der Waals surface area contributed by atoms with Gasteiger partial charge in [-0.2, -0.15) is 0 Å². The van der Waals surface area contributed by atoms with E-state index in [2.05, 4.69) is 0 Å². The Morgan fingerprint density at radius 2 is 2.04 bits per heavy atom.